The Morgan fingerprint density at radius 3 is 2.00 bits per heavy atom. The molecule has 1 aromatic heterocycles. The zero-order valence-electron chi connectivity index (χ0n) is 22.5. The number of aliphatic hydroxyl groups is 1. The highest BCUT2D eigenvalue weighted by molar-refractivity contribution is 9.10. The average molecular weight is 651 g/mol. The molecule has 208 valence electrons. The number of hydrogen-bond acceptors (Lipinski definition) is 5. The SMILES string of the molecule is CCOC(=O)CCCCCCCCN1CCN(C[C@@H](O)Cn2c3ccc(Br)cc3c3cc(Br)ccc32)CC1. The minimum absolute atomic E-state index is 0.0623. The van der Waals surface area contributed by atoms with Gasteiger partial charge in [0.2, 0.25) is 0 Å². The predicted molar refractivity (Wildman–Crippen MR) is 163 cm³/mol. The lowest BCUT2D eigenvalue weighted by Gasteiger charge is -2.35. The summed E-state index contributed by atoms with van der Waals surface area (Å²) in [7, 11) is 0. The van der Waals surface area contributed by atoms with Crippen LogP contribution in [-0.4, -0.2) is 77.4 Å². The van der Waals surface area contributed by atoms with E-state index in [0.717, 1.165) is 65.5 Å². The molecule has 4 rings (SSSR count). The standard InChI is InChI=1S/C30H41Br2N3O3/c1-2-38-30(37)9-7-5-3-4-6-8-14-33-15-17-34(18-16-33)21-25(36)22-35-28-12-10-23(31)19-26(28)27-20-24(32)11-13-29(27)35/h10-13,19-20,25,36H,2-9,14-18,21-22H2,1H3/t25-/m1/s1. The van der Waals surface area contributed by atoms with Crippen molar-refractivity contribution >= 4 is 59.6 Å². The van der Waals surface area contributed by atoms with Gasteiger partial charge in [0.15, 0.2) is 0 Å². The van der Waals surface area contributed by atoms with Gasteiger partial charge in [-0.3, -0.25) is 9.69 Å². The number of esters is 1. The van der Waals surface area contributed by atoms with Crippen molar-refractivity contribution in [1.29, 1.82) is 0 Å². The number of hydrogen-bond donors (Lipinski definition) is 1. The summed E-state index contributed by atoms with van der Waals surface area (Å²) >= 11 is 7.23. The molecule has 3 aromatic rings. The second-order valence-electron chi connectivity index (χ2n) is 10.4. The highest BCUT2D eigenvalue weighted by Gasteiger charge is 2.21. The van der Waals surface area contributed by atoms with Crippen molar-refractivity contribution in [2.24, 2.45) is 0 Å². The van der Waals surface area contributed by atoms with Gasteiger partial charge in [-0.2, -0.15) is 0 Å². The lowest BCUT2D eigenvalue weighted by Crippen LogP contribution is -2.49. The summed E-state index contributed by atoms with van der Waals surface area (Å²) < 4.78 is 9.37. The number of ether oxygens (including phenoxy) is 1. The number of benzene rings is 2. The Bertz CT molecular complexity index is 1130. The first-order chi connectivity index (χ1) is 18.4. The molecule has 1 N–H and O–H groups in total. The summed E-state index contributed by atoms with van der Waals surface area (Å²) in [6, 6.07) is 12.8. The van der Waals surface area contributed by atoms with Crippen molar-refractivity contribution in [3.05, 3.63) is 45.3 Å². The number of unbranched alkanes of at least 4 members (excludes halogenated alkanes) is 5. The largest absolute Gasteiger partial charge is 0.466 e. The van der Waals surface area contributed by atoms with E-state index in [1.165, 1.54) is 36.5 Å². The highest BCUT2D eigenvalue weighted by Crippen LogP contribution is 2.33. The molecule has 0 aliphatic carbocycles. The molecule has 1 atom stereocenters. The fourth-order valence-electron chi connectivity index (χ4n) is 5.55. The number of nitrogens with zero attached hydrogens (tertiary/aromatic N) is 3. The van der Waals surface area contributed by atoms with Crippen molar-refractivity contribution in [2.75, 3.05) is 45.9 Å². The number of piperazine rings is 1. The summed E-state index contributed by atoms with van der Waals surface area (Å²) in [5.41, 5.74) is 2.31. The molecule has 0 spiro atoms. The zero-order valence-corrected chi connectivity index (χ0v) is 25.7. The van der Waals surface area contributed by atoms with E-state index < -0.39 is 6.10 Å². The summed E-state index contributed by atoms with van der Waals surface area (Å²) in [6.45, 7) is 8.95. The maximum Gasteiger partial charge on any atom is 0.305 e. The molecule has 8 heteroatoms. The zero-order chi connectivity index (χ0) is 26.9. The van der Waals surface area contributed by atoms with Gasteiger partial charge in [-0.15, -0.1) is 0 Å². The minimum Gasteiger partial charge on any atom is -0.466 e. The number of aliphatic hydroxyl groups excluding tert-OH is 1. The van der Waals surface area contributed by atoms with Gasteiger partial charge in [0.25, 0.3) is 0 Å². The van der Waals surface area contributed by atoms with Gasteiger partial charge in [0.1, 0.15) is 0 Å². The lowest BCUT2D eigenvalue weighted by atomic mass is 10.1. The van der Waals surface area contributed by atoms with E-state index in [1.54, 1.807) is 0 Å². The Morgan fingerprint density at radius 1 is 0.842 bits per heavy atom. The number of carbonyl (C=O) groups is 1. The number of rotatable bonds is 14. The van der Waals surface area contributed by atoms with E-state index in [-0.39, 0.29) is 5.97 Å². The van der Waals surface area contributed by atoms with Crippen LogP contribution in [0.25, 0.3) is 21.8 Å². The first kappa shape index (κ1) is 29.5. The fourth-order valence-corrected chi connectivity index (χ4v) is 6.27. The molecule has 0 saturated carbocycles. The molecule has 2 heterocycles. The molecule has 0 radical (unpaired) electrons. The summed E-state index contributed by atoms with van der Waals surface area (Å²) in [5, 5.41) is 13.5. The molecule has 1 saturated heterocycles. The van der Waals surface area contributed by atoms with Crippen LogP contribution in [0.3, 0.4) is 0 Å². The van der Waals surface area contributed by atoms with E-state index in [0.29, 0.717) is 26.1 Å². The lowest BCUT2D eigenvalue weighted by molar-refractivity contribution is -0.143. The Hall–Kier alpha value is -1.45. The fraction of sp³-hybridized carbons (Fsp3) is 0.567. The third-order valence-corrected chi connectivity index (χ3v) is 8.51. The molecule has 6 nitrogen and oxygen atoms in total. The number of aromatic nitrogens is 1. The normalized spacial score (nSPS) is 15.9. The van der Waals surface area contributed by atoms with E-state index in [4.69, 9.17) is 4.74 Å². The van der Waals surface area contributed by atoms with E-state index in [1.807, 2.05) is 6.92 Å². The van der Waals surface area contributed by atoms with Crippen LogP contribution in [0.4, 0.5) is 0 Å². The van der Waals surface area contributed by atoms with Crippen LogP contribution in [0.15, 0.2) is 45.3 Å². The third-order valence-electron chi connectivity index (χ3n) is 7.53. The Labute approximate surface area is 243 Å². The Kier molecular flexibility index (Phi) is 11.5. The van der Waals surface area contributed by atoms with Crippen LogP contribution in [0.1, 0.15) is 51.9 Å². The van der Waals surface area contributed by atoms with Crippen LogP contribution in [0.2, 0.25) is 0 Å². The van der Waals surface area contributed by atoms with Crippen LogP contribution in [0.5, 0.6) is 0 Å². The summed E-state index contributed by atoms with van der Waals surface area (Å²) in [6.07, 6.45) is 7.13. The van der Waals surface area contributed by atoms with E-state index in [2.05, 4.69) is 82.6 Å². The molecule has 38 heavy (non-hydrogen) atoms. The molecule has 1 aliphatic heterocycles. The van der Waals surface area contributed by atoms with Gasteiger partial charge in [-0.25, -0.2) is 0 Å². The van der Waals surface area contributed by atoms with Crippen molar-refractivity contribution in [3.63, 3.8) is 0 Å². The summed E-state index contributed by atoms with van der Waals surface area (Å²) in [4.78, 5) is 16.3. The van der Waals surface area contributed by atoms with Gasteiger partial charge >= 0.3 is 5.97 Å². The number of carbonyl (C=O) groups excluding carboxylic acids is 1. The number of halogens is 2. The van der Waals surface area contributed by atoms with Crippen LogP contribution in [-0.2, 0) is 16.1 Å². The third kappa shape index (κ3) is 8.28. The van der Waals surface area contributed by atoms with E-state index >= 15 is 0 Å². The first-order valence-electron chi connectivity index (χ1n) is 14.1. The molecule has 0 amide bonds. The second kappa shape index (κ2) is 14.8. The minimum atomic E-state index is -0.420. The Balaban J connectivity index is 1.17. The quantitative estimate of drug-likeness (QED) is 0.158. The van der Waals surface area contributed by atoms with Gasteiger partial charge in [0, 0.05) is 69.9 Å². The van der Waals surface area contributed by atoms with E-state index in [9.17, 15) is 9.90 Å². The smallest absolute Gasteiger partial charge is 0.305 e. The molecule has 1 aliphatic rings. The average Bonchev–Trinajstić information content (AvgIpc) is 3.18. The van der Waals surface area contributed by atoms with Gasteiger partial charge in [-0.1, -0.05) is 57.5 Å². The van der Waals surface area contributed by atoms with Crippen LogP contribution < -0.4 is 0 Å². The monoisotopic (exact) mass is 649 g/mol. The molecular formula is C30H41Br2N3O3. The second-order valence-corrected chi connectivity index (χ2v) is 12.2. The summed E-state index contributed by atoms with van der Waals surface area (Å²) in [5.74, 6) is -0.0623. The Morgan fingerprint density at radius 2 is 1.39 bits per heavy atom. The molecule has 2 aromatic carbocycles. The molecular weight excluding hydrogens is 610 g/mol. The molecule has 0 unspecified atom stereocenters. The van der Waals surface area contributed by atoms with Crippen molar-refractivity contribution in [2.45, 2.75) is 64.5 Å². The first-order valence-corrected chi connectivity index (χ1v) is 15.7. The van der Waals surface area contributed by atoms with Crippen molar-refractivity contribution < 1.29 is 14.6 Å². The van der Waals surface area contributed by atoms with Gasteiger partial charge < -0.3 is 19.3 Å². The maximum absolute atomic E-state index is 11.4. The van der Waals surface area contributed by atoms with Crippen molar-refractivity contribution in [1.82, 2.24) is 14.4 Å². The van der Waals surface area contributed by atoms with Crippen LogP contribution >= 0.6 is 31.9 Å². The predicted octanol–water partition coefficient (Wildman–Crippen LogP) is 6.59. The topological polar surface area (TPSA) is 57.9 Å². The van der Waals surface area contributed by atoms with Gasteiger partial charge in [-0.05, 0) is 62.7 Å². The van der Waals surface area contributed by atoms with Crippen molar-refractivity contribution in [3.8, 4) is 0 Å². The maximum atomic E-state index is 11.4. The van der Waals surface area contributed by atoms with Gasteiger partial charge in [0.05, 0.1) is 19.3 Å². The number of fused-ring (bicyclic) bond motifs is 3. The number of β-amino-alcohol motifs (C(OH)–C–C–N with tert-alkyl or cyclic N) is 1. The molecule has 0 bridgehead atoms. The molecule has 1 fully saturated rings. The van der Waals surface area contributed by atoms with Crippen LogP contribution in [0, 0.1) is 0 Å². The highest BCUT2D eigenvalue weighted by atomic mass is 79.9.